The Morgan fingerprint density at radius 1 is 0.175 bits per heavy atom. The van der Waals surface area contributed by atoms with E-state index in [2.05, 4.69) is 287 Å². The molecule has 15 aromatic carbocycles. The number of benzene rings is 15. The first-order chi connectivity index (χ1) is 59.5. The van der Waals surface area contributed by atoms with Crippen LogP contribution in [0.25, 0.3) is 217 Å². The van der Waals surface area contributed by atoms with E-state index in [1.165, 1.54) is 16.3 Å². The van der Waals surface area contributed by atoms with Crippen molar-refractivity contribution in [1.29, 1.82) is 0 Å². The van der Waals surface area contributed by atoms with Gasteiger partial charge in [-0.3, -0.25) is 0 Å². The summed E-state index contributed by atoms with van der Waals surface area (Å²) in [7, 11) is 0. The number of pyridine rings is 1. The van der Waals surface area contributed by atoms with Crippen molar-refractivity contribution in [3.63, 3.8) is 0 Å². The minimum absolute atomic E-state index is 0.628. The first-order valence-electron chi connectivity index (χ1n) is 40.0. The second kappa shape index (κ2) is 30.1. The molecule has 0 amide bonds. The van der Waals surface area contributed by atoms with E-state index in [1.807, 2.05) is 127 Å². The predicted octanol–water partition coefficient (Wildman–Crippen LogP) is 28.0. The maximum absolute atomic E-state index is 5.95. The van der Waals surface area contributed by atoms with Gasteiger partial charge >= 0.3 is 0 Å². The summed E-state index contributed by atoms with van der Waals surface area (Å²) < 4.78 is 24.7. The van der Waals surface area contributed by atoms with Gasteiger partial charge < -0.3 is 27.0 Å². The number of para-hydroxylation sites is 3. The number of hydrogen-bond acceptors (Lipinski definition) is 9. The molecule has 0 aliphatic rings. The topological polar surface area (TPSA) is 132 Å². The molecule has 0 radical (unpaired) electrons. The molecule has 0 spiro atoms. The second-order valence-corrected chi connectivity index (χ2v) is 29.7. The lowest BCUT2D eigenvalue weighted by molar-refractivity contribution is 0.619. The number of hydrogen-bond donors (Lipinski definition) is 0. The van der Waals surface area contributed by atoms with Gasteiger partial charge in [0.25, 0.3) is 0 Å². The lowest BCUT2D eigenvalue weighted by atomic mass is 10.00. The zero-order valence-electron chi connectivity index (χ0n) is 64.6. The molecular formula is C108H69N9O3. The molecule has 9 aromatic heterocycles. The molecule has 0 saturated carbocycles. The van der Waals surface area contributed by atoms with E-state index in [4.69, 9.17) is 43.2 Å². The Bertz CT molecular complexity index is 7450. The van der Waals surface area contributed by atoms with E-state index in [0.29, 0.717) is 23.3 Å². The van der Waals surface area contributed by atoms with E-state index in [0.717, 1.165) is 177 Å². The van der Waals surface area contributed by atoms with Crippen molar-refractivity contribution in [3.8, 4) is 119 Å². The molecule has 0 unspecified atom stereocenters. The smallest absolute Gasteiger partial charge is 0.164 e. The van der Waals surface area contributed by atoms with Crippen molar-refractivity contribution in [2.24, 2.45) is 0 Å². The molecule has 0 N–H and O–H groups in total. The molecule has 0 atom stereocenters. The average molecular weight is 1540 g/mol. The monoisotopic (exact) mass is 1540 g/mol. The fraction of sp³-hybridized carbons (Fsp3) is 0. The normalized spacial score (nSPS) is 11.5. The summed E-state index contributed by atoms with van der Waals surface area (Å²) >= 11 is 0. The van der Waals surface area contributed by atoms with Crippen LogP contribution < -0.4 is 0 Å². The van der Waals surface area contributed by atoms with Gasteiger partial charge in [-0.1, -0.05) is 261 Å². The van der Waals surface area contributed by atoms with E-state index in [1.54, 1.807) is 18.8 Å². The Hall–Kier alpha value is -16.4. The van der Waals surface area contributed by atoms with Crippen LogP contribution in [0.2, 0.25) is 0 Å². The maximum atomic E-state index is 5.95. The minimum Gasteiger partial charge on any atom is -0.464 e. The third kappa shape index (κ3) is 12.8. The summed E-state index contributed by atoms with van der Waals surface area (Å²) in [6, 6.07) is 138. The van der Waals surface area contributed by atoms with Crippen LogP contribution in [0.5, 0.6) is 0 Å². The molecule has 0 aliphatic carbocycles. The third-order valence-electron chi connectivity index (χ3n) is 22.5. The zero-order valence-corrected chi connectivity index (χ0v) is 64.6. The molecule has 12 heteroatoms. The van der Waals surface area contributed by atoms with Crippen LogP contribution in [0, 0.1) is 0 Å². The molecular weight excluding hydrogens is 1470 g/mol. The van der Waals surface area contributed by atoms with Crippen LogP contribution in [-0.4, -0.2) is 43.6 Å². The molecule has 24 aromatic rings. The zero-order chi connectivity index (χ0) is 79.4. The van der Waals surface area contributed by atoms with Crippen LogP contribution in [0.4, 0.5) is 0 Å². The first kappa shape index (κ1) is 70.2. The van der Waals surface area contributed by atoms with Crippen LogP contribution in [-0.2, 0) is 0 Å². The summed E-state index contributed by atoms with van der Waals surface area (Å²) in [5, 5.41) is 10.2. The highest BCUT2D eigenvalue weighted by molar-refractivity contribution is 6.22. The third-order valence-corrected chi connectivity index (χ3v) is 22.5. The molecule has 12 nitrogen and oxygen atoms in total. The summed E-state index contributed by atoms with van der Waals surface area (Å²) in [4.78, 5) is 29.8. The summed E-state index contributed by atoms with van der Waals surface area (Å²) in [5.41, 5.74) is 26.8. The fourth-order valence-corrected chi connectivity index (χ4v) is 16.9. The highest BCUT2D eigenvalue weighted by Gasteiger charge is 2.23. The number of rotatable bonds is 12. The molecule has 0 saturated heterocycles. The van der Waals surface area contributed by atoms with Crippen molar-refractivity contribution in [2.75, 3.05) is 0 Å². The number of fused-ring (bicyclic) bond motifs is 15. The minimum atomic E-state index is 0.628. The van der Waals surface area contributed by atoms with Gasteiger partial charge in [0.05, 0.1) is 90.8 Å². The van der Waals surface area contributed by atoms with Gasteiger partial charge in [-0.25, -0.2) is 29.9 Å². The van der Waals surface area contributed by atoms with Gasteiger partial charge in [-0.2, -0.15) is 0 Å². The second-order valence-electron chi connectivity index (χ2n) is 29.7. The lowest BCUT2D eigenvalue weighted by Crippen LogP contribution is -2.01. The van der Waals surface area contributed by atoms with Gasteiger partial charge in [-0.15, -0.1) is 0 Å². The summed E-state index contributed by atoms with van der Waals surface area (Å²) in [6.45, 7) is 0. The largest absolute Gasteiger partial charge is 0.464 e. The maximum Gasteiger partial charge on any atom is 0.164 e. The van der Waals surface area contributed by atoms with Crippen LogP contribution in [0.3, 0.4) is 0 Å². The van der Waals surface area contributed by atoms with Gasteiger partial charge in [-0.05, 0) is 151 Å². The van der Waals surface area contributed by atoms with E-state index >= 15 is 0 Å². The molecule has 24 rings (SSSR count). The van der Waals surface area contributed by atoms with Gasteiger partial charge in [0, 0.05) is 93.9 Å². The van der Waals surface area contributed by atoms with E-state index in [-0.39, 0.29) is 0 Å². The average Bonchev–Trinajstić information content (AvgIpc) is 1.59. The van der Waals surface area contributed by atoms with E-state index < -0.39 is 0 Å². The molecule has 9 heterocycles. The molecule has 120 heavy (non-hydrogen) atoms. The summed E-state index contributed by atoms with van der Waals surface area (Å²) in [6.07, 6.45) is 5.29. The predicted molar refractivity (Wildman–Crippen MR) is 487 cm³/mol. The summed E-state index contributed by atoms with van der Waals surface area (Å²) in [5.74, 6) is 2.62. The van der Waals surface area contributed by atoms with Crippen LogP contribution in [0.15, 0.2) is 432 Å². The Labute approximate surface area is 688 Å². The quantitative estimate of drug-likeness (QED) is 0.117. The fourth-order valence-electron chi connectivity index (χ4n) is 16.9. The SMILES string of the molecule is c1ccc(-c2cc(-c3ccccc3)nc(-c3ccc(-n4c5ccccc5c5c6occc6ccc54)cc3)c2)cc1.c1ccc(-c2cc(-c3ccccc3)nc(-c3ccc(-n4c5ccccc5c5c6occc6ccc54)cc3)n2)cc1.c1ccc(-c2nc(-c3ccccc3)nc(-c3cccc(-n4c5ccccc5c5c6occc6ccc54)c3)n2)cc1. The lowest BCUT2D eigenvalue weighted by Gasteiger charge is -2.12. The molecule has 0 aliphatic heterocycles. The van der Waals surface area contributed by atoms with Crippen molar-refractivity contribution >= 4 is 98.3 Å². The first-order valence-corrected chi connectivity index (χ1v) is 40.0. The van der Waals surface area contributed by atoms with Crippen molar-refractivity contribution in [3.05, 3.63) is 419 Å². The number of aromatic nitrogens is 9. The van der Waals surface area contributed by atoms with Gasteiger partial charge in [0.15, 0.2) is 23.3 Å². The van der Waals surface area contributed by atoms with Crippen LogP contribution >= 0.6 is 0 Å². The van der Waals surface area contributed by atoms with Crippen molar-refractivity contribution in [2.45, 2.75) is 0 Å². The molecule has 0 bridgehead atoms. The van der Waals surface area contributed by atoms with Crippen molar-refractivity contribution < 1.29 is 13.3 Å². The number of furan rings is 3. The Balaban J connectivity index is 0.000000108. The van der Waals surface area contributed by atoms with Crippen LogP contribution in [0.1, 0.15) is 0 Å². The Morgan fingerprint density at radius 2 is 0.475 bits per heavy atom. The molecule has 0 fully saturated rings. The Kier molecular flexibility index (Phi) is 17.6. The van der Waals surface area contributed by atoms with Gasteiger partial charge in [0.2, 0.25) is 0 Å². The number of nitrogens with zero attached hydrogens (tertiary/aromatic N) is 9. The van der Waals surface area contributed by atoms with Crippen molar-refractivity contribution in [1.82, 2.24) is 43.6 Å². The standard InChI is InChI=1S/C37H24N2O.C36H23N3O.C35H22N4O/c1-3-9-25(10-4-1)29-23-32(26-11-5-2-6-12-26)38-33(24-29)27-15-18-30(19-16-27)39-34-14-8-7-13-31(34)36-35(39)20-17-28-21-22-40-37(28)36;1-3-9-24(10-4-1)30-23-31(25-11-5-2-6-12-25)38-36(37-30)27-15-18-28(19-16-27)39-32-14-8-7-13-29(32)34-33(39)20-17-26-21-22-40-35(26)34;1-3-10-24(11-4-1)33-36-34(25-12-5-2-6-13-25)38-35(37-33)26-14-9-15-27(22-26)39-29-17-8-7-16-28(29)31-30(39)19-18-23-20-21-40-32(23)31/h1-24H;1-23H;1-22H. The van der Waals surface area contributed by atoms with E-state index in [9.17, 15) is 0 Å². The van der Waals surface area contributed by atoms with Gasteiger partial charge in [0.1, 0.15) is 16.7 Å². The highest BCUT2D eigenvalue weighted by Crippen LogP contribution is 2.43. The Morgan fingerprint density at radius 3 is 0.875 bits per heavy atom. The highest BCUT2D eigenvalue weighted by atomic mass is 16.3. The molecule has 564 valence electrons.